The van der Waals surface area contributed by atoms with Crippen molar-refractivity contribution in [3.63, 3.8) is 0 Å². The van der Waals surface area contributed by atoms with Crippen LogP contribution < -0.4 is 10.6 Å². The van der Waals surface area contributed by atoms with E-state index >= 15 is 0 Å². The monoisotopic (exact) mass is 379 g/mol. The van der Waals surface area contributed by atoms with Crippen LogP contribution >= 0.6 is 11.6 Å². The van der Waals surface area contributed by atoms with Crippen molar-refractivity contribution in [1.82, 2.24) is 15.5 Å². The van der Waals surface area contributed by atoms with E-state index in [1.54, 1.807) is 17.0 Å². The van der Waals surface area contributed by atoms with Gasteiger partial charge >= 0.3 is 0 Å². The average Bonchev–Trinajstić information content (AvgIpc) is 2.58. The molecule has 1 saturated heterocycles. The molecule has 2 rings (SSSR count). The summed E-state index contributed by atoms with van der Waals surface area (Å²) in [6.45, 7) is 3.81. The molecule has 1 aromatic carbocycles. The Kier molecular flexibility index (Phi) is 7.45. The predicted molar refractivity (Wildman–Crippen MR) is 101 cm³/mol. The van der Waals surface area contributed by atoms with Gasteiger partial charge in [-0.1, -0.05) is 37.1 Å². The third-order valence-corrected chi connectivity index (χ3v) is 4.74. The lowest BCUT2D eigenvalue weighted by molar-refractivity contribution is -0.144. The van der Waals surface area contributed by atoms with E-state index in [0.717, 1.165) is 24.8 Å². The van der Waals surface area contributed by atoms with Crippen LogP contribution in [0.5, 0.6) is 0 Å². The SMILES string of the molecule is CCCC1CC[C@H](NC(C)=O)C(=O)N1CC(=O)NCc1cccc(Cl)c1. The van der Waals surface area contributed by atoms with Crippen LogP contribution in [0.3, 0.4) is 0 Å². The first-order chi connectivity index (χ1) is 12.4. The van der Waals surface area contributed by atoms with Crippen LogP contribution in [0.4, 0.5) is 0 Å². The van der Waals surface area contributed by atoms with Crippen LogP contribution in [0, 0.1) is 0 Å². The van der Waals surface area contributed by atoms with Gasteiger partial charge in [0, 0.05) is 24.5 Å². The summed E-state index contributed by atoms with van der Waals surface area (Å²) in [5.74, 6) is -0.631. The van der Waals surface area contributed by atoms with Crippen molar-refractivity contribution < 1.29 is 14.4 Å². The highest BCUT2D eigenvalue weighted by atomic mass is 35.5. The maximum Gasteiger partial charge on any atom is 0.245 e. The largest absolute Gasteiger partial charge is 0.350 e. The molecule has 1 aromatic rings. The number of amides is 3. The van der Waals surface area contributed by atoms with Crippen LogP contribution in [0.15, 0.2) is 24.3 Å². The summed E-state index contributed by atoms with van der Waals surface area (Å²) in [6.07, 6.45) is 3.18. The van der Waals surface area contributed by atoms with Crippen LogP contribution in [0.1, 0.15) is 45.1 Å². The molecule has 2 atom stereocenters. The van der Waals surface area contributed by atoms with E-state index in [9.17, 15) is 14.4 Å². The van der Waals surface area contributed by atoms with Crippen molar-refractivity contribution in [2.45, 2.75) is 58.2 Å². The molecule has 1 fully saturated rings. The molecule has 1 heterocycles. The maximum atomic E-state index is 12.7. The molecule has 1 unspecified atom stereocenters. The van der Waals surface area contributed by atoms with Gasteiger partial charge in [-0.05, 0) is 37.0 Å². The molecule has 1 aliphatic rings. The Hall–Kier alpha value is -2.08. The van der Waals surface area contributed by atoms with E-state index in [1.165, 1.54) is 6.92 Å². The van der Waals surface area contributed by atoms with Crippen molar-refractivity contribution in [3.8, 4) is 0 Å². The van der Waals surface area contributed by atoms with Gasteiger partial charge in [-0.15, -0.1) is 0 Å². The van der Waals surface area contributed by atoms with E-state index in [2.05, 4.69) is 17.6 Å². The van der Waals surface area contributed by atoms with Gasteiger partial charge in [-0.25, -0.2) is 0 Å². The minimum absolute atomic E-state index is 0.000149. The molecule has 0 aromatic heterocycles. The van der Waals surface area contributed by atoms with Crippen LogP contribution in [-0.2, 0) is 20.9 Å². The lowest BCUT2D eigenvalue weighted by atomic mass is 9.94. The third kappa shape index (κ3) is 5.73. The number of rotatable bonds is 7. The molecule has 0 aliphatic carbocycles. The molecule has 142 valence electrons. The number of carbonyl (C=O) groups is 3. The van der Waals surface area contributed by atoms with Gasteiger partial charge in [0.2, 0.25) is 17.7 Å². The second-order valence-electron chi connectivity index (χ2n) is 6.65. The summed E-state index contributed by atoms with van der Waals surface area (Å²) in [4.78, 5) is 38.0. The molecule has 7 heteroatoms. The summed E-state index contributed by atoms with van der Waals surface area (Å²) in [7, 11) is 0. The van der Waals surface area contributed by atoms with E-state index in [1.807, 2.05) is 12.1 Å². The van der Waals surface area contributed by atoms with Gasteiger partial charge in [-0.2, -0.15) is 0 Å². The van der Waals surface area contributed by atoms with Crippen LogP contribution in [-0.4, -0.2) is 41.2 Å². The number of carbonyl (C=O) groups excluding carboxylic acids is 3. The number of hydrogen-bond donors (Lipinski definition) is 2. The minimum atomic E-state index is -0.540. The van der Waals surface area contributed by atoms with E-state index in [0.29, 0.717) is 18.0 Å². The normalized spacial score (nSPS) is 20.0. The first-order valence-electron chi connectivity index (χ1n) is 8.99. The highest BCUT2D eigenvalue weighted by molar-refractivity contribution is 6.30. The Morgan fingerprint density at radius 1 is 1.31 bits per heavy atom. The van der Waals surface area contributed by atoms with E-state index in [-0.39, 0.29) is 30.3 Å². The summed E-state index contributed by atoms with van der Waals surface area (Å²) >= 11 is 5.95. The van der Waals surface area contributed by atoms with Crippen molar-refractivity contribution in [1.29, 1.82) is 0 Å². The number of benzene rings is 1. The number of hydrogen-bond acceptors (Lipinski definition) is 3. The average molecular weight is 380 g/mol. The molecule has 26 heavy (non-hydrogen) atoms. The highest BCUT2D eigenvalue weighted by Gasteiger charge is 2.36. The molecular formula is C19H26ClN3O3. The highest BCUT2D eigenvalue weighted by Crippen LogP contribution is 2.22. The molecule has 0 spiro atoms. The van der Waals surface area contributed by atoms with Crippen molar-refractivity contribution in [2.24, 2.45) is 0 Å². The van der Waals surface area contributed by atoms with Crippen molar-refractivity contribution >= 4 is 29.3 Å². The van der Waals surface area contributed by atoms with E-state index in [4.69, 9.17) is 11.6 Å². The molecular weight excluding hydrogens is 354 g/mol. The van der Waals surface area contributed by atoms with Crippen molar-refractivity contribution in [2.75, 3.05) is 6.54 Å². The Morgan fingerprint density at radius 3 is 2.73 bits per heavy atom. The van der Waals surface area contributed by atoms with Crippen LogP contribution in [0.25, 0.3) is 0 Å². The summed E-state index contributed by atoms with van der Waals surface area (Å²) in [5.41, 5.74) is 0.900. The number of halogens is 1. The molecule has 2 N–H and O–H groups in total. The first kappa shape index (κ1) is 20.2. The Labute approximate surface area is 159 Å². The number of nitrogens with zero attached hydrogens (tertiary/aromatic N) is 1. The minimum Gasteiger partial charge on any atom is -0.350 e. The van der Waals surface area contributed by atoms with Gasteiger partial charge in [-0.3, -0.25) is 14.4 Å². The topological polar surface area (TPSA) is 78.5 Å². The van der Waals surface area contributed by atoms with Gasteiger partial charge in [0.15, 0.2) is 0 Å². The van der Waals surface area contributed by atoms with Gasteiger partial charge in [0.25, 0.3) is 0 Å². The first-order valence-corrected chi connectivity index (χ1v) is 9.37. The molecule has 0 saturated carbocycles. The van der Waals surface area contributed by atoms with Crippen molar-refractivity contribution in [3.05, 3.63) is 34.9 Å². The number of likely N-dealkylation sites (tertiary alicyclic amines) is 1. The second-order valence-corrected chi connectivity index (χ2v) is 7.08. The number of nitrogens with one attached hydrogen (secondary N) is 2. The fourth-order valence-corrected chi connectivity index (χ4v) is 3.51. The number of piperidine rings is 1. The Morgan fingerprint density at radius 2 is 2.08 bits per heavy atom. The summed E-state index contributed by atoms with van der Waals surface area (Å²) in [6, 6.07) is 6.77. The lowest BCUT2D eigenvalue weighted by Crippen LogP contribution is -2.57. The predicted octanol–water partition coefficient (Wildman–Crippen LogP) is 2.25. The van der Waals surface area contributed by atoms with Crippen LogP contribution in [0.2, 0.25) is 5.02 Å². The van der Waals surface area contributed by atoms with Gasteiger partial charge < -0.3 is 15.5 Å². The summed E-state index contributed by atoms with van der Waals surface area (Å²) < 4.78 is 0. The molecule has 0 bridgehead atoms. The van der Waals surface area contributed by atoms with E-state index < -0.39 is 6.04 Å². The molecule has 3 amide bonds. The standard InChI is InChI=1S/C19H26ClN3O3/c1-3-5-16-8-9-17(22-13(2)24)19(26)23(16)12-18(25)21-11-14-6-4-7-15(20)10-14/h4,6-7,10,16-17H,3,5,8-9,11-12H2,1-2H3,(H,21,25)(H,22,24)/t16?,17-/m0/s1. The summed E-state index contributed by atoms with van der Waals surface area (Å²) in [5, 5.41) is 6.13. The zero-order chi connectivity index (χ0) is 19.1. The second kappa shape index (κ2) is 9.57. The Bertz CT molecular complexity index is 665. The maximum absolute atomic E-state index is 12.7. The third-order valence-electron chi connectivity index (χ3n) is 4.50. The smallest absolute Gasteiger partial charge is 0.245 e. The van der Waals surface area contributed by atoms with Gasteiger partial charge in [0.05, 0.1) is 6.54 Å². The quantitative estimate of drug-likeness (QED) is 0.762. The zero-order valence-electron chi connectivity index (χ0n) is 15.3. The molecule has 6 nitrogen and oxygen atoms in total. The fraction of sp³-hybridized carbons (Fsp3) is 0.526. The Balaban J connectivity index is 1.98. The van der Waals surface area contributed by atoms with Gasteiger partial charge in [0.1, 0.15) is 6.04 Å². The molecule has 0 radical (unpaired) electrons. The zero-order valence-corrected chi connectivity index (χ0v) is 16.0. The lowest BCUT2D eigenvalue weighted by Gasteiger charge is -2.39. The molecule has 1 aliphatic heterocycles. The fourth-order valence-electron chi connectivity index (χ4n) is 3.30.